The van der Waals surface area contributed by atoms with Crippen molar-refractivity contribution in [1.29, 1.82) is 0 Å². The first-order chi connectivity index (χ1) is 17.2. The van der Waals surface area contributed by atoms with E-state index in [4.69, 9.17) is 20.1 Å². The molecular weight excluding hydrogens is 472 g/mol. The van der Waals surface area contributed by atoms with Crippen LogP contribution in [0.4, 0.5) is 0 Å². The normalized spacial score (nSPS) is 11.4. The zero-order valence-corrected chi connectivity index (χ0v) is 19.4. The Morgan fingerprint density at radius 2 is 1.44 bits per heavy atom. The maximum absolute atomic E-state index is 12.8. The van der Waals surface area contributed by atoms with Gasteiger partial charge in [0.1, 0.15) is 11.8 Å². The second-order valence-electron chi connectivity index (χ2n) is 7.92. The maximum atomic E-state index is 12.8. The topological polar surface area (TPSA) is 179 Å². The van der Waals surface area contributed by atoms with Crippen LogP contribution in [-0.4, -0.2) is 63.7 Å². The second-order valence-corrected chi connectivity index (χ2v) is 7.92. The summed E-state index contributed by atoms with van der Waals surface area (Å²) in [6.45, 7) is 0.369. The van der Waals surface area contributed by atoms with Gasteiger partial charge in [-0.2, -0.15) is 0 Å². The van der Waals surface area contributed by atoms with Crippen molar-refractivity contribution in [3.05, 3.63) is 65.7 Å². The van der Waals surface area contributed by atoms with Crippen LogP contribution in [0.3, 0.4) is 0 Å². The van der Waals surface area contributed by atoms with Gasteiger partial charge in [0, 0.05) is 19.4 Å². The number of hydrogen-bond donors (Lipinski definition) is 5. The van der Waals surface area contributed by atoms with E-state index < -0.39 is 41.9 Å². The Morgan fingerprint density at radius 3 is 2.03 bits per heavy atom. The molecule has 1 atom stereocenters. The van der Waals surface area contributed by atoms with Crippen LogP contribution in [0.1, 0.15) is 30.4 Å². The first-order valence-electron chi connectivity index (χ1n) is 11.2. The van der Waals surface area contributed by atoms with Gasteiger partial charge in [0.2, 0.25) is 11.8 Å². The number of hydrogen-bond acceptors (Lipinski definition) is 6. The average molecular weight is 501 g/mol. The Bertz CT molecular complexity index is 1040. The summed E-state index contributed by atoms with van der Waals surface area (Å²) in [4.78, 5) is 57.7. The molecule has 192 valence electrons. The number of carboxylic acid groups (broad SMARTS) is 3. The third-order valence-corrected chi connectivity index (χ3v) is 5.07. The average Bonchev–Trinajstić information content (AvgIpc) is 2.84. The molecular formula is C25H28N2O9. The molecule has 2 aromatic carbocycles. The van der Waals surface area contributed by atoms with Crippen LogP contribution in [0.25, 0.3) is 0 Å². The number of carboxylic acids is 3. The molecule has 0 saturated heterocycles. The standard InChI is InChI=1S/C25H28N2O9/c28-20(12-13-21(29)30)27-19(23(31)26-14-4-7-16-5-2-1-3-6-16)15-17-8-10-18(11-9-17)36-22(24(32)33)25(34)35/h1-3,5-6,8-11,19,22H,4,7,12-15H2,(H,26,31)(H,27,28)(H,29,30)(H,32,33)(H,34,35)/t19-/m0/s1. The van der Waals surface area contributed by atoms with Crippen LogP contribution in [0.2, 0.25) is 0 Å². The lowest BCUT2D eigenvalue weighted by Crippen LogP contribution is -2.48. The van der Waals surface area contributed by atoms with E-state index >= 15 is 0 Å². The maximum Gasteiger partial charge on any atom is 0.356 e. The molecule has 11 heteroatoms. The lowest BCUT2D eigenvalue weighted by atomic mass is 10.0. The fourth-order valence-electron chi connectivity index (χ4n) is 3.25. The van der Waals surface area contributed by atoms with Crippen LogP contribution >= 0.6 is 0 Å². The fraction of sp³-hybridized carbons (Fsp3) is 0.320. The van der Waals surface area contributed by atoms with E-state index in [0.29, 0.717) is 18.5 Å². The van der Waals surface area contributed by atoms with Crippen molar-refractivity contribution >= 4 is 29.7 Å². The van der Waals surface area contributed by atoms with Gasteiger partial charge in [0.05, 0.1) is 6.42 Å². The third-order valence-electron chi connectivity index (χ3n) is 5.07. The van der Waals surface area contributed by atoms with Crippen LogP contribution < -0.4 is 15.4 Å². The molecule has 36 heavy (non-hydrogen) atoms. The predicted octanol–water partition coefficient (Wildman–Crippen LogP) is 1.24. The summed E-state index contributed by atoms with van der Waals surface area (Å²) in [5, 5.41) is 32.0. The molecule has 2 aromatic rings. The summed E-state index contributed by atoms with van der Waals surface area (Å²) >= 11 is 0. The van der Waals surface area contributed by atoms with Crippen molar-refractivity contribution in [3.8, 4) is 5.75 Å². The number of ether oxygens (including phenoxy) is 1. The highest BCUT2D eigenvalue weighted by molar-refractivity contribution is 5.96. The Morgan fingerprint density at radius 1 is 0.806 bits per heavy atom. The quantitative estimate of drug-likeness (QED) is 0.178. The van der Waals surface area contributed by atoms with Gasteiger partial charge in [-0.05, 0) is 36.1 Å². The van der Waals surface area contributed by atoms with Gasteiger partial charge in [0.25, 0.3) is 6.10 Å². The molecule has 2 rings (SSSR count). The highest BCUT2D eigenvalue weighted by atomic mass is 16.5. The van der Waals surface area contributed by atoms with Crippen LogP contribution in [0.15, 0.2) is 54.6 Å². The van der Waals surface area contributed by atoms with Gasteiger partial charge in [-0.3, -0.25) is 14.4 Å². The second kappa shape index (κ2) is 14.1. The zero-order chi connectivity index (χ0) is 26.5. The largest absolute Gasteiger partial charge is 0.481 e. The molecule has 0 heterocycles. The summed E-state index contributed by atoms with van der Waals surface area (Å²) in [6.07, 6.45) is -1.24. The Hall–Kier alpha value is -4.41. The molecule has 0 saturated carbocycles. The first-order valence-corrected chi connectivity index (χ1v) is 11.2. The van der Waals surface area contributed by atoms with Gasteiger partial charge in [-0.15, -0.1) is 0 Å². The Balaban J connectivity index is 2.01. The van der Waals surface area contributed by atoms with E-state index in [1.807, 2.05) is 30.3 Å². The Kier molecular flexibility index (Phi) is 10.9. The van der Waals surface area contributed by atoms with Crippen LogP contribution in [0.5, 0.6) is 5.75 Å². The third kappa shape index (κ3) is 9.84. The molecule has 0 aliphatic heterocycles. The molecule has 0 bridgehead atoms. The van der Waals surface area contributed by atoms with Gasteiger partial charge in [-0.1, -0.05) is 42.5 Å². The van der Waals surface area contributed by atoms with Crippen molar-refractivity contribution in [1.82, 2.24) is 10.6 Å². The minimum absolute atomic E-state index is 0.000886. The van der Waals surface area contributed by atoms with Crippen LogP contribution in [-0.2, 0) is 36.8 Å². The van der Waals surface area contributed by atoms with Crippen molar-refractivity contribution in [2.75, 3.05) is 6.54 Å². The molecule has 0 aromatic heterocycles. The van der Waals surface area contributed by atoms with Crippen molar-refractivity contribution in [2.24, 2.45) is 0 Å². The first kappa shape index (κ1) is 27.8. The van der Waals surface area contributed by atoms with Gasteiger partial charge < -0.3 is 30.7 Å². The minimum Gasteiger partial charge on any atom is -0.481 e. The highest BCUT2D eigenvalue weighted by Crippen LogP contribution is 2.16. The number of aryl methyl sites for hydroxylation is 1. The van der Waals surface area contributed by atoms with E-state index in [0.717, 1.165) is 12.0 Å². The number of nitrogens with one attached hydrogen (secondary N) is 2. The summed E-state index contributed by atoms with van der Waals surface area (Å²) < 4.78 is 4.96. The van der Waals surface area contributed by atoms with Crippen molar-refractivity contribution < 1.29 is 44.0 Å². The van der Waals surface area contributed by atoms with Gasteiger partial charge in [0.15, 0.2) is 0 Å². The zero-order valence-electron chi connectivity index (χ0n) is 19.4. The molecule has 0 unspecified atom stereocenters. The number of benzene rings is 2. The van der Waals surface area contributed by atoms with E-state index in [1.165, 1.54) is 24.3 Å². The van der Waals surface area contributed by atoms with Crippen LogP contribution in [0, 0.1) is 0 Å². The SMILES string of the molecule is O=C(O)CCC(=O)N[C@@H](Cc1ccc(OC(C(=O)O)C(=O)O)cc1)C(=O)NCCCc1ccccc1. The van der Waals surface area contributed by atoms with Crippen molar-refractivity contribution in [2.45, 2.75) is 44.2 Å². The monoisotopic (exact) mass is 500 g/mol. The van der Waals surface area contributed by atoms with E-state index in [-0.39, 0.29) is 25.0 Å². The lowest BCUT2D eigenvalue weighted by Gasteiger charge is -2.19. The molecule has 0 spiro atoms. The number of rotatable bonds is 15. The predicted molar refractivity (Wildman–Crippen MR) is 126 cm³/mol. The van der Waals surface area contributed by atoms with E-state index in [1.54, 1.807) is 0 Å². The molecule has 11 nitrogen and oxygen atoms in total. The Labute approximate surface area is 207 Å². The van der Waals surface area contributed by atoms with E-state index in [9.17, 15) is 24.0 Å². The summed E-state index contributed by atoms with van der Waals surface area (Å²) in [5.41, 5.74) is 1.70. The molecule has 5 N–H and O–H groups in total. The molecule has 2 amide bonds. The minimum atomic E-state index is -2.07. The van der Waals surface area contributed by atoms with Gasteiger partial charge in [-0.25, -0.2) is 9.59 Å². The van der Waals surface area contributed by atoms with E-state index in [2.05, 4.69) is 10.6 Å². The number of carbonyl (C=O) groups is 5. The number of aliphatic carboxylic acids is 3. The smallest absolute Gasteiger partial charge is 0.356 e. The molecule has 0 aliphatic rings. The summed E-state index contributed by atoms with van der Waals surface area (Å²) in [7, 11) is 0. The molecule has 0 radical (unpaired) electrons. The fourth-order valence-corrected chi connectivity index (χ4v) is 3.25. The van der Waals surface area contributed by atoms with Gasteiger partial charge >= 0.3 is 17.9 Å². The summed E-state index contributed by atoms with van der Waals surface area (Å²) in [5.74, 6) is -5.47. The highest BCUT2D eigenvalue weighted by Gasteiger charge is 2.28. The molecule has 0 fully saturated rings. The number of carbonyl (C=O) groups excluding carboxylic acids is 2. The molecule has 0 aliphatic carbocycles. The summed E-state index contributed by atoms with van der Waals surface area (Å²) in [6, 6.07) is 14.5. The van der Waals surface area contributed by atoms with Crippen molar-refractivity contribution in [3.63, 3.8) is 0 Å². The lowest BCUT2D eigenvalue weighted by molar-refractivity contribution is -0.159. The number of amides is 2.